The number of halogens is 1. The van der Waals surface area contributed by atoms with Gasteiger partial charge in [0.05, 0.1) is 17.7 Å². The molecular formula is C11H13BrO2. The SMILES string of the molecule is CC1(C)COc2cccc(Br)c2OC1. The molecular weight excluding hydrogens is 244 g/mol. The molecule has 0 atom stereocenters. The zero-order valence-electron chi connectivity index (χ0n) is 8.34. The molecule has 0 unspecified atom stereocenters. The minimum absolute atomic E-state index is 0.0679. The lowest BCUT2D eigenvalue weighted by atomic mass is 9.97. The average Bonchev–Trinajstić information content (AvgIpc) is 2.27. The van der Waals surface area contributed by atoms with Crippen LogP contribution in [0.25, 0.3) is 0 Å². The molecule has 0 aromatic heterocycles. The first-order valence-electron chi connectivity index (χ1n) is 4.63. The number of ether oxygens (including phenoxy) is 2. The second-order valence-corrected chi connectivity index (χ2v) is 5.16. The molecule has 0 saturated carbocycles. The fraction of sp³-hybridized carbons (Fsp3) is 0.455. The van der Waals surface area contributed by atoms with Gasteiger partial charge in [-0.15, -0.1) is 0 Å². The molecule has 14 heavy (non-hydrogen) atoms. The van der Waals surface area contributed by atoms with E-state index in [2.05, 4.69) is 29.8 Å². The molecule has 1 aromatic rings. The lowest BCUT2D eigenvalue weighted by Gasteiger charge is -2.19. The molecule has 3 heteroatoms. The molecule has 1 aliphatic rings. The van der Waals surface area contributed by atoms with Crippen molar-refractivity contribution in [1.82, 2.24) is 0 Å². The highest BCUT2D eigenvalue weighted by Crippen LogP contribution is 2.38. The highest BCUT2D eigenvalue weighted by Gasteiger charge is 2.25. The number of rotatable bonds is 0. The summed E-state index contributed by atoms with van der Waals surface area (Å²) < 4.78 is 12.4. The maximum absolute atomic E-state index is 5.72. The Balaban J connectivity index is 2.34. The standard InChI is InChI=1S/C11H13BrO2/c1-11(2)6-13-9-5-3-4-8(12)10(9)14-7-11/h3-5H,6-7H2,1-2H3. The maximum Gasteiger partial charge on any atom is 0.175 e. The van der Waals surface area contributed by atoms with E-state index < -0.39 is 0 Å². The Labute approximate surface area is 92.3 Å². The van der Waals surface area contributed by atoms with Crippen LogP contribution >= 0.6 is 15.9 Å². The van der Waals surface area contributed by atoms with Gasteiger partial charge in [0.15, 0.2) is 11.5 Å². The zero-order valence-corrected chi connectivity index (χ0v) is 9.93. The Morgan fingerprint density at radius 1 is 1.21 bits per heavy atom. The van der Waals surface area contributed by atoms with E-state index in [0.29, 0.717) is 13.2 Å². The molecule has 0 aliphatic carbocycles. The highest BCUT2D eigenvalue weighted by molar-refractivity contribution is 9.10. The maximum atomic E-state index is 5.72. The first kappa shape index (κ1) is 9.84. The monoisotopic (exact) mass is 256 g/mol. The van der Waals surface area contributed by atoms with Gasteiger partial charge >= 0.3 is 0 Å². The first-order chi connectivity index (χ1) is 6.58. The lowest BCUT2D eigenvalue weighted by molar-refractivity contribution is 0.140. The van der Waals surface area contributed by atoms with E-state index in [4.69, 9.17) is 9.47 Å². The van der Waals surface area contributed by atoms with Crippen molar-refractivity contribution in [2.75, 3.05) is 13.2 Å². The minimum atomic E-state index is 0.0679. The molecule has 0 amide bonds. The van der Waals surface area contributed by atoms with Crippen LogP contribution in [0.3, 0.4) is 0 Å². The van der Waals surface area contributed by atoms with E-state index in [9.17, 15) is 0 Å². The summed E-state index contributed by atoms with van der Waals surface area (Å²) in [6, 6.07) is 5.84. The van der Waals surface area contributed by atoms with Crippen LogP contribution in [0.1, 0.15) is 13.8 Å². The molecule has 0 saturated heterocycles. The van der Waals surface area contributed by atoms with Gasteiger partial charge in [-0.25, -0.2) is 0 Å². The van der Waals surface area contributed by atoms with Crippen LogP contribution in [-0.2, 0) is 0 Å². The molecule has 2 rings (SSSR count). The second kappa shape index (κ2) is 3.46. The molecule has 0 bridgehead atoms. The summed E-state index contributed by atoms with van der Waals surface area (Å²) in [6.45, 7) is 5.64. The second-order valence-electron chi connectivity index (χ2n) is 4.31. The summed E-state index contributed by atoms with van der Waals surface area (Å²) in [4.78, 5) is 0. The summed E-state index contributed by atoms with van der Waals surface area (Å²) >= 11 is 3.45. The molecule has 0 N–H and O–H groups in total. The van der Waals surface area contributed by atoms with Crippen LogP contribution in [0, 0.1) is 5.41 Å². The Bertz CT molecular complexity index is 347. The summed E-state index contributed by atoms with van der Waals surface area (Å²) in [5.74, 6) is 1.64. The van der Waals surface area contributed by atoms with Gasteiger partial charge in [-0.05, 0) is 28.1 Å². The van der Waals surface area contributed by atoms with Gasteiger partial charge in [0, 0.05) is 5.41 Å². The average molecular weight is 257 g/mol. The molecule has 2 nitrogen and oxygen atoms in total. The first-order valence-corrected chi connectivity index (χ1v) is 5.42. The minimum Gasteiger partial charge on any atom is -0.489 e. The van der Waals surface area contributed by atoms with Crippen LogP contribution < -0.4 is 9.47 Å². The van der Waals surface area contributed by atoms with Crippen molar-refractivity contribution in [3.63, 3.8) is 0 Å². The van der Waals surface area contributed by atoms with Crippen molar-refractivity contribution in [3.05, 3.63) is 22.7 Å². The van der Waals surface area contributed by atoms with Gasteiger partial charge in [0.25, 0.3) is 0 Å². The third-order valence-corrected chi connectivity index (χ3v) is 2.78. The Morgan fingerprint density at radius 3 is 2.71 bits per heavy atom. The predicted molar refractivity (Wildman–Crippen MR) is 58.9 cm³/mol. The number of hydrogen-bond acceptors (Lipinski definition) is 2. The molecule has 76 valence electrons. The van der Waals surface area contributed by atoms with Crippen LogP contribution in [0.4, 0.5) is 0 Å². The van der Waals surface area contributed by atoms with Gasteiger partial charge in [-0.1, -0.05) is 19.9 Å². The largest absolute Gasteiger partial charge is 0.489 e. The fourth-order valence-electron chi connectivity index (χ4n) is 1.33. The van der Waals surface area contributed by atoms with Crippen LogP contribution in [-0.4, -0.2) is 13.2 Å². The van der Waals surface area contributed by atoms with Gasteiger partial charge < -0.3 is 9.47 Å². The van der Waals surface area contributed by atoms with E-state index in [1.807, 2.05) is 18.2 Å². The van der Waals surface area contributed by atoms with E-state index in [0.717, 1.165) is 16.0 Å². The Kier molecular flexibility index (Phi) is 2.43. The Morgan fingerprint density at radius 2 is 1.93 bits per heavy atom. The van der Waals surface area contributed by atoms with Gasteiger partial charge in [0.2, 0.25) is 0 Å². The van der Waals surface area contributed by atoms with Crippen LogP contribution in [0.5, 0.6) is 11.5 Å². The Hall–Kier alpha value is -0.700. The number of para-hydroxylation sites is 1. The van der Waals surface area contributed by atoms with Crippen molar-refractivity contribution in [3.8, 4) is 11.5 Å². The number of fused-ring (bicyclic) bond motifs is 1. The molecule has 1 heterocycles. The normalized spacial score (nSPS) is 18.8. The highest BCUT2D eigenvalue weighted by atomic mass is 79.9. The summed E-state index contributed by atoms with van der Waals surface area (Å²) in [5, 5.41) is 0. The third kappa shape index (κ3) is 1.87. The lowest BCUT2D eigenvalue weighted by Crippen LogP contribution is -2.26. The fourth-order valence-corrected chi connectivity index (χ4v) is 1.79. The summed E-state index contributed by atoms with van der Waals surface area (Å²) in [7, 11) is 0. The zero-order chi connectivity index (χ0) is 10.2. The van der Waals surface area contributed by atoms with Crippen molar-refractivity contribution in [1.29, 1.82) is 0 Å². The van der Waals surface area contributed by atoms with E-state index in [-0.39, 0.29) is 5.41 Å². The van der Waals surface area contributed by atoms with Gasteiger partial charge in [-0.3, -0.25) is 0 Å². The van der Waals surface area contributed by atoms with Crippen molar-refractivity contribution >= 4 is 15.9 Å². The van der Waals surface area contributed by atoms with E-state index in [1.54, 1.807) is 0 Å². The summed E-state index contributed by atoms with van der Waals surface area (Å²) in [5.41, 5.74) is 0.0679. The molecule has 1 aromatic carbocycles. The van der Waals surface area contributed by atoms with Gasteiger partial charge in [-0.2, -0.15) is 0 Å². The molecule has 0 radical (unpaired) electrons. The third-order valence-electron chi connectivity index (χ3n) is 2.16. The summed E-state index contributed by atoms with van der Waals surface area (Å²) in [6.07, 6.45) is 0. The van der Waals surface area contributed by atoms with Crippen molar-refractivity contribution < 1.29 is 9.47 Å². The quantitative estimate of drug-likeness (QED) is 0.710. The molecule has 0 fully saturated rings. The van der Waals surface area contributed by atoms with Crippen molar-refractivity contribution in [2.45, 2.75) is 13.8 Å². The molecule has 1 aliphatic heterocycles. The van der Waals surface area contributed by atoms with Crippen molar-refractivity contribution in [2.24, 2.45) is 5.41 Å². The topological polar surface area (TPSA) is 18.5 Å². The van der Waals surface area contributed by atoms with Gasteiger partial charge in [0.1, 0.15) is 0 Å². The van der Waals surface area contributed by atoms with E-state index in [1.165, 1.54) is 0 Å². The van der Waals surface area contributed by atoms with Crippen LogP contribution in [0.15, 0.2) is 22.7 Å². The number of benzene rings is 1. The predicted octanol–water partition coefficient (Wildman–Crippen LogP) is 3.25. The number of hydrogen-bond donors (Lipinski definition) is 0. The smallest absolute Gasteiger partial charge is 0.175 e. The molecule has 0 spiro atoms. The van der Waals surface area contributed by atoms with Crippen LogP contribution in [0.2, 0.25) is 0 Å². The van der Waals surface area contributed by atoms with E-state index >= 15 is 0 Å².